The average molecular weight is 173 g/mol. The highest BCUT2D eigenvalue weighted by molar-refractivity contribution is 5.38. The third-order valence-electron chi connectivity index (χ3n) is 2.71. The number of hydrogen-bond donors (Lipinski definition) is 1. The van der Waals surface area contributed by atoms with Crippen LogP contribution in [0.5, 0.6) is 0 Å². The predicted molar refractivity (Wildman–Crippen MR) is 55.4 cm³/mol. The summed E-state index contributed by atoms with van der Waals surface area (Å²) in [6.45, 7) is 3.76. The molecule has 0 spiro atoms. The van der Waals surface area contributed by atoms with E-state index in [1.165, 1.54) is 11.1 Å². The molecular weight excluding hydrogens is 158 g/mol. The van der Waals surface area contributed by atoms with Gasteiger partial charge in [0.2, 0.25) is 0 Å². The Labute approximate surface area is 79.3 Å². The number of allylic oxidation sites excluding steroid dienone is 1. The van der Waals surface area contributed by atoms with Crippen molar-refractivity contribution in [3.8, 4) is 0 Å². The standard InChI is InChI=1S/C12H15N/c1-2-5-10-6-3-4-7-11(10)12(13)8-9-12/h2-4,6-7H,1,5,8-9,13H2. The molecule has 0 bridgehead atoms. The zero-order valence-electron chi connectivity index (χ0n) is 7.79. The van der Waals surface area contributed by atoms with Gasteiger partial charge in [0.15, 0.2) is 0 Å². The second-order valence-corrected chi connectivity index (χ2v) is 3.81. The molecule has 1 heteroatoms. The molecule has 68 valence electrons. The van der Waals surface area contributed by atoms with Crippen molar-refractivity contribution in [3.05, 3.63) is 48.0 Å². The SMILES string of the molecule is C=CCc1ccccc1C1(N)CC1. The fourth-order valence-electron chi connectivity index (χ4n) is 1.74. The van der Waals surface area contributed by atoms with Gasteiger partial charge in [-0.25, -0.2) is 0 Å². The van der Waals surface area contributed by atoms with Gasteiger partial charge in [-0.05, 0) is 30.4 Å². The lowest BCUT2D eigenvalue weighted by atomic mass is 9.97. The summed E-state index contributed by atoms with van der Waals surface area (Å²) in [5, 5.41) is 0. The predicted octanol–water partition coefficient (Wildman–Crippen LogP) is 2.36. The molecule has 0 aliphatic heterocycles. The summed E-state index contributed by atoms with van der Waals surface area (Å²) in [7, 11) is 0. The number of nitrogens with two attached hydrogens (primary N) is 1. The molecule has 13 heavy (non-hydrogen) atoms. The summed E-state index contributed by atoms with van der Waals surface area (Å²) in [5.74, 6) is 0. The minimum absolute atomic E-state index is 0.0143. The molecule has 2 N–H and O–H groups in total. The van der Waals surface area contributed by atoms with Crippen molar-refractivity contribution in [1.82, 2.24) is 0 Å². The Morgan fingerprint density at radius 3 is 2.69 bits per heavy atom. The van der Waals surface area contributed by atoms with Crippen LogP contribution in [0.25, 0.3) is 0 Å². The van der Waals surface area contributed by atoms with Crippen molar-refractivity contribution in [2.45, 2.75) is 24.8 Å². The van der Waals surface area contributed by atoms with Crippen molar-refractivity contribution < 1.29 is 0 Å². The normalized spacial score (nSPS) is 18.2. The first kappa shape index (κ1) is 8.52. The van der Waals surface area contributed by atoms with E-state index in [0.29, 0.717) is 0 Å². The lowest BCUT2D eigenvalue weighted by Crippen LogP contribution is -2.20. The van der Waals surface area contributed by atoms with Gasteiger partial charge in [0, 0.05) is 5.54 Å². The van der Waals surface area contributed by atoms with Crippen LogP contribution in [0, 0.1) is 0 Å². The molecule has 1 saturated carbocycles. The van der Waals surface area contributed by atoms with Crippen molar-refractivity contribution in [3.63, 3.8) is 0 Å². The molecule has 2 rings (SSSR count). The second-order valence-electron chi connectivity index (χ2n) is 3.81. The van der Waals surface area contributed by atoms with E-state index in [2.05, 4.69) is 30.8 Å². The maximum atomic E-state index is 6.16. The summed E-state index contributed by atoms with van der Waals surface area (Å²) in [5.41, 5.74) is 8.80. The highest BCUT2D eigenvalue weighted by atomic mass is 14.8. The molecule has 1 aromatic rings. The van der Waals surface area contributed by atoms with Crippen LogP contribution in [0.1, 0.15) is 24.0 Å². The van der Waals surface area contributed by atoms with Crippen LogP contribution in [-0.2, 0) is 12.0 Å². The molecule has 0 heterocycles. The Hall–Kier alpha value is -1.08. The van der Waals surface area contributed by atoms with E-state index in [9.17, 15) is 0 Å². The van der Waals surface area contributed by atoms with E-state index in [-0.39, 0.29) is 5.54 Å². The quantitative estimate of drug-likeness (QED) is 0.698. The fourth-order valence-corrected chi connectivity index (χ4v) is 1.74. The minimum Gasteiger partial charge on any atom is -0.321 e. The average Bonchev–Trinajstić information content (AvgIpc) is 2.86. The number of hydrogen-bond acceptors (Lipinski definition) is 1. The Morgan fingerprint density at radius 1 is 1.38 bits per heavy atom. The molecule has 1 aliphatic rings. The molecule has 0 amide bonds. The zero-order chi connectivity index (χ0) is 9.31. The van der Waals surface area contributed by atoms with Crippen LogP contribution in [0.3, 0.4) is 0 Å². The Kier molecular flexibility index (Phi) is 1.97. The summed E-state index contributed by atoms with van der Waals surface area (Å²) in [4.78, 5) is 0. The van der Waals surface area contributed by atoms with Gasteiger partial charge in [0.25, 0.3) is 0 Å². The van der Waals surface area contributed by atoms with Gasteiger partial charge in [-0.1, -0.05) is 30.3 Å². The van der Waals surface area contributed by atoms with Crippen molar-refractivity contribution in [1.29, 1.82) is 0 Å². The van der Waals surface area contributed by atoms with Gasteiger partial charge in [0.1, 0.15) is 0 Å². The highest BCUT2D eigenvalue weighted by Crippen LogP contribution is 2.44. The van der Waals surface area contributed by atoms with Crippen LogP contribution in [0.4, 0.5) is 0 Å². The molecule has 1 aliphatic carbocycles. The monoisotopic (exact) mass is 173 g/mol. The van der Waals surface area contributed by atoms with E-state index >= 15 is 0 Å². The van der Waals surface area contributed by atoms with E-state index < -0.39 is 0 Å². The van der Waals surface area contributed by atoms with Crippen LogP contribution in [0.15, 0.2) is 36.9 Å². The zero-order valence-corrected chi connectivity index (χ0v) is 7.79. The van der Waals surface area contributed by atoms with E-state index in [0.717, 1.165) is 19.3 Å². The third kappa shape index (κ3) is 1.52. The van der Waals surface area contributed by atoms with Gasteiger partial charge in [-0.15, -0.1) is 6.58 Å². The van der Waals surface area contributed by atoms with E-state index in [4.69, 9.17) is 5.73 Å². The maximum absolute atomic E-state index is 6.16. The molecule has 0 aromatic heterocycles. The molecular formula is C12H15N. The minimum atomic E-state index is -0.0143. The Balaban J connectivity index is 2.37. The lowest BCUT2D eigenvalue weighted by Gasteiger charge is -2.13. The fraction of sp³-hybridized carbons (Fsp3) is 0.333. The summed E-state index contributed by atoms with van der Waals surface area (Å²) in [6, 6.07) is 8.42. The van der Waals surface area contributed by atoms with Crippen LogP contribution >= 0.6 is 0 Å². The van der Waals surface area contributed by atoms with Gasteiger partial charge >= 0.3 is 0 Å². The van der Waals surface area contributed by atoms with Gasteiger partial charge in [-0.2, -0.15) is 0 Å². The smallest absolute Gasteiger partial charge is 0.0414 e. The Morgan fingerprint density at radius 2 is 2.08 bits per heavy atom. The maximum Gasteiger partial charge on any atom is 0.0414 e. The van der Waals surface area contributed by atoms with Crippen molar-refractivity contribution in [2.24, 2.45) is 5.73 Å². The molecule has 0 radical (unpaired) electrons. The summed E-state index contributed by atoms with van der Waals surface area (Å²) in [6.07, 6.45) is 5.11. The van der Waals surface area contributed by atoms with Gasteiger partial charge in [0.05, 0.1) is 0 Å². The lowest BCUT2D eigenvalue weighted by molar-refractivity contribution is 0.730. The highest BCUT2D eigenvalue weighted by Gasteiger charge is 2.40. The number of rotatable bonds is 3. The molecule has 0 unspecified atom stereocenters. The van der Waals surface area contributed by atoms with E-state index in [1.807, 2.05) is 6.08 Å². The second kappa shape index (κ2) is 3.00. The van der Waals surface area contributed by atoms with Gasteiger partial charge in [-0.3, -0.25) is 0 Å². The molecule has 0 saturated heterocycles. The first-order chi connectivity index (χ1) is 6.26. The Bertz CT molecular complexity index is 324. The topological polar surface area (TPSA) is 26.0 Å². The van der Waals surface area contributed by atoms with Crippen LogP contribution in [0.2, 0.25) is 0 Å². The van der Waals surface area contributed by atoms with Gasteiger partial charge < -0.3 is 5.73 Å². The first-order valence-corrected chi connectivity index (χ1v) is 4.74. The molecule has 0 atom stereocenters. The number of benzene rings is 1. The van der Waals surface area contributed by atoms with Crippen LogP contribution in [-0.4, -0.2) is 0 Å². The molecule has 1 aromatic carbocycles. The summed E-state index contributed by atoms with van der Waals surface area (Å²) < 4.78 is 0. The largest absolute Gasteiger partial charge is 0.321 e. The summed E-state index contributed by atoms with van der Waals surface area (Å²) >= 11 is 0. The van der Waals surface area contributed by atoms with Crippen molar-refractivity contribution >= 4 is 0 Å². The first-order valence-electron chi connectivity index (χ1n) is 4.74. The van der Waals surface area contributed by atoms with Crippen molar-refractivity contribution in [2.75, 3.05) is 0 Å². The van der Waals surface area contributed by atoms with Crippen LogP contribution < -0.4 is 5.73 Å². The van der Waals surface area contributed by atoms with E-state index in [1.54, 1.807) is 0 Å². The molecule has 1 nitrogen and oxygen atoms in total. The molecule has 1 fully saturated rings. The third-order valence-corrected chi connectivity index (χ3v) is 2.71.